The van der Waals surface area contributed by atoms with Crippen LogP contribution in [0.5, 0.6) is 0 Å². The molecule has 0 aliphatic carbocycles. The first kappa shape index (κ1) is 32.7. The minimum absolute atomic E-state index is 0.0726. The van der Waals surface area contributed by atoms with Crippen LogP contribution in [-0.2, 0) is 5.41 Å². The number of fused-ring (bicyclic) bond motifs is 14. The fraction of sp³-hybridized carbons (Fsp3) is 0.0769. The summed E-state index contributed by atoms with van der Waals surface area (Å²) >= 11 is 3.77. The van der Waals surface area contributed by atoms with Crippen LogP contribution in [0.4, 0.5) is 11.4 Å². The van der Waals surface area contributed by atoms with Gasteiger partial charge in [-0.1, -0.05) is 105 Å². The van der Waals surface area contributed by atoms with Crippen molar-refractivity contribution < 1.29 is 4.42 Å². The first-order valence-electron chi connectivity index (χ1n) is 19.9. The normalized spacial score (nSPS) is 12.9. The monoisotopic (exact) mass is 777 g/mol. The second-order valence-electron chi connectivity index (χ2n) is 16.8. The van der Waals surface area contributed by atoms with Crippen molar-refractivity contribution in [3.8, 4) is 16.8 Å². The molecule has 1 radical (unpaired) electrons. The Morgan fingerprint density at radius 1 is 0.534 bits per heavy atom. The lowest BCUT2D eigenvalue weighted by Crippen LogP contribution is -2.37. The number of para-hydroxylation sites is 1. The third-order valence-corrected chi connectivity index (χ3v) is 14.6. The Morgan fingerprint density at radius 3 is 1.98 bits per heavy atom. The Kier molecular flexibility index (Phi) is 6.56. The van der Waals surface area contributed by atoms with Crippen molar-refractivity contribution in [1.82, 2.24) is 4.57 Å². The highest BCUT2D eigenvalue weighted by Gasteiger charge is 2.29. The molecule has 0 saturated heterocycles. The predicted octanol–water partition coefficient (Wildman–Crippen LogP) is 14.1. The summed E-state index contributed by atoms with van der Waals surface area (Å²) in [7, 11) is 2.45. The Bertz CT molecular complexity index is 3720. The highest BCUT2D eigenvalue weighted by atomic mass is 32.1. The minimum Gasteiger partial charge on any atom is -0.456 e. The van der Waals surface area contributed by atoms with Crippen LogP contribution in [0.3, 0.4) is 0 Å². The summed E-state index contributed by atoms with van der Waals surface area (Å²) in [6.45, 7) is 6.78. The Labute approximate surface area is 343 Å². The Balaban J connectivity index is 1.12. The molecule has 8 aromatic carbocycles. The fourth-order valence-electron chi connectivity index (χ4n) is 9.53. The molecule has 0 bridgehead atoms. The van der Waals surface area contributed by atoms with Crippen LogP contribution in [0, 0.1) is 0 Å². The molecule has 3 nitrogen and oxygen atoms in total. The van der Waals surface area contributed by atoms with E-state index in [1.807, 2.05) is 28.7 Å². The van der Waals surface area contributed by atoms with Crippen LogP contribution in [0.2, 0.25) is 0 Å². The average molecular weight is 778 g/mol. The number of rotatable bonds is 3. The highest BCUT2D eigenvalue weighted by molar-refractivity contribution is 7.26. The first-order chi connectivity index (χ1) is 28.3. The van der Waals surface area contributed by atoms with Gasteiger partial charge < -0.3 is 14.3 Å². The van der Waals surface area contributed by atoms with E-state index >= 15 is 0 Å². The van der Waals surface area contributed by atoms with Crippen molar-refractivity contribution in [3.63, 3.8) is 0 Å². The van der Waals surface area contributed by atoms with Gasteiger partial charge in [0.2, 0.25) is 0 Å². The van der Waals surface area contributed by atoms with Gasteiger partial charge in [0.05, 0.1) is 11.2 Å². The van der Waals surface area contributed by atoms with Gasteiger partial charge in [0, 0.05) is 90.4 Å². The number of anilines is 2. The molecule has 1 aliphatic heterocycles. The van der Waals surface area contributed by atoms with Crippen LogP contribution >= 0.6 is 22.7 Å². The lowest BCUT2D eigenvalue weighted by Gasteiger charge is -2.24. The average Bonchev–Trinajstić information content (AvgIpc) is 3.98. The molecule has 1 aliphatic rings. The SMILES string of the molecule is CC(C)(C)c1ccc(Nc2cc3oc4ccccc4c3cc2-c2ccc3c4cc5sc6ccccc6c5cc4n4c3c2[B]c2cc3sc5ccccc5c3cc2-4)cc1. The van der Waals surface area contributed by atoms with E-state index in [4.69, 9.17) is 4.42 Å². The second kappa shape index (κ2) is 11.6. The summed E-state index contributed by atoms with van der Waals surface area (Å²) in [4.78, 5) is 0. The lowest BCUT2D eigenvalue weighted by atomic mass is 9.59. The van der Waals surface area contributed by atoms with E-state index < -0.39 is 0 Å². The number of furan rings is 1. The van der Waals surface area contributed by atoms with Gasteiger partial charge in [-0.25, -0.2) is 0 Å². The Hall–Kier alpha value is -6.34. The third-order valence-electron chi connectivity index (χ3n) is 12.4. The first-order valence-corrected chi connectivity index (χ1v) is 21.5. The van der Waals surface area contributed by atoms with Crippen molar-refractivity contribution in [2.24, 2.45) is 0 Å². The quantitative estimate of drug-likeness (QED) is 0.181. The molecule has 0 atom stereocenters. The van der Waals surface area contributed by atoms with E-state index in [0.717, 1.165) is 38.9 Å². The summed E-state index contributed by atoms with van der Waals surface area (Å²) in [5.41, 5.74) is 13.7. The molecular formula is C52H34BN2OS2. The van der Waals surface area contributed by atoms with E-state index in [9.17, 15) is 0 Å². The zero-order chi connectivity index (χ0) is 38.4. The van der Waals surface area contributed by atoms with Gasteiger partial charge in [0.15, 0.2) is 7.28 Å². The molecule has 0 spiro atoms. The second-order valence-corrected chi connectivity index (χ2v) is 19.0. The maximum absolute atomic E-state index is 6.51. The van der Waals surface area contributed by atoms with Gasteiger partial charge in [-0.15, -0.1) is 22.7 Å². The molecule has 13 rings (SSSR count). The lowest BCUT2D eigenvalue weighted by molar-refractivity contribution is 0.590. The molecule has 6 heteroatoms. The molecule has 0 saturated carbocycles. The Morgan fingerprint density at radius 2 is 1.22 bits per heavy atom. The number of nitrogens with zero attached hydrogens (tertiary/aromatic N) is 1. The fourth-order valence-corrected chi connectivity index (χ4v) is 11.8. The van der Waals surface area contributed by atoms with E-state index in [1.165, 1.54) is 89.9 Å². The zero-order valence-corrected chi connectivity index (χ0v) is 33.7. The highest BCUT2D eigenvalue weighted by Crippen LogP contribution is 2.45. The summed E-state index contributed by atoms with van der Waals surface area (Å²) in [6, 6.07) is 53.9. The van der Waals surface area contributed by atoms with Crippen molar-refractivity contribution in [1.29, 1.82) is 0 Å². The number of hydrogen-bond acceptors (Lipinski definition) is 4. The van der Waals surface area contributed by atoms with Crippen LogP contribution in [0.25, 0.3) is 101 Å². The molecule has 5 heterocycles. The largest absolute Gasteiger partial charge is 0.456 e. The number of aromatic nitrogens is 1. The summed E-state index contributed by atoms with van der Waals surface area (Å²) in [6.07, 6.45) is 0. The molecular weight excluding hydrogens is 744 g/mol. The van der Waals surface area contributed by atoms with Crippen LogP contribution in [0.1, 0.15) is 26.3 Å². The molecule has 0 unspecified atom stereocenters. The van der Waals surface area contributed by atoms with Crippen molar-refractivity contribution in [2.75, 3.05) is 5.32 Å². The molecule has 1 N–H and O–H groups in total. The minimum atomic E-state index is 0.0726. The van der Waals surface area contributed by atoms with E-state index in [2.05, 4.69) is 177 Å². The van der Waals surface area contributed by atoms with Gasteiger partial charge in [0.1, 0.15) is 11.2 Å². The van der Waals surface area contributed by atoms with Crippen molar-refractivity contribution >= 4 is 136 Å². The topological polar surface area (TPSA) is 30.1 Å². The summed E-state index contributed by atoms with van der Waals surface area (Å²) in [5, 5.41) is 13.9. The standard InChI is InChI=1S/C52H34BN2OS2/c1-52(2,3)28-16-18-29(19-17-28)54-41-27-45-37(30-10-4-7-13-44(30)56-45)22-35(41)33-20-21-34-36-25-48-38(31-11-5-8-14-46(31)57-48)23-42(36)55-43-24-39-32-12-6-9-15-47(32)58-49(39)26-40(43)53-50(33)51(34)55/h4-27,54H,1-3H3. The summed E-state index contributed by atoms with van der Waals surface area (Å²) in [5.74, 6) is 0. The van der Waals surface area contributed by atoms with E-state index in [0.29, 0.717) is 0 Å². The molecule has 273 valence electrons. The summed E-state index contributed by atoms with van der Waals surface area (Å²) < 4.78 is 14.3. The van der Waals surface area contributed by atoms with E-state index in [1.54, 1.807) is 0 Å². The van der Waals surface area contributed by atoms with E-state index in [-0.39, 0.29) is 5.41 Å². The van der Waals surface area contributed by atoms with Gasteiger partial charge in [-0.3, -0.25) is 0 Å². The predicted molar refractivity (Wildman–Crippen MR) is 253 cm³/mol. The number of thiophene rings is 2. The van der Waals surface area contributed by atoms with Crippen LogP contribution < -0.4 is 16.2 Å². The number of hydrogen-bond donors (Lipinski definition) is 1. The van der Waals surface area contributed by atoms with Gasteiger partial charge in [-0.05, 0) is 82.7 Å². The molecule has 0 amide bonds. The number of benzene rings is 8. The van der Waals surface area contributed by atoms with Crippen molar-refractivity contribution in [3.05, 3.63) is 151 Å². The van der Waals surface area contributed by atoms with Crippen LogP contribution in [-0.4, -0.2) is 11.8 Å². The smallest absolute Gasteiger partial charge is 0.197 e. The molecule has 4 aromatic heterocycles. The van der Waals surface area contributed by atoms with Gasteiger partial charge in [0.25, 0.3) is 0 Å². The molecule has 12 aromatic rings. The van der Waals surface area contributed by atoms with Gasteiger partial charge in [-0.2, -0.15) is 0 Å². The van der Waals surface area contributed by atoms with Gasteiger partial charge >= 0.3 is 0 Å². The maximum Gasteiger partial charge on any atom is 0.197 e. The van der Waals surface area contributed by atoms with Crippen molar-refractivity contribution in [2.45, 2.75) is 26.2 Å². The number of nitrogens with one attached hydrogen (secondary N) is 1. The van der Waals surface area contributed by atoms with Crippen LogP contribution in [0.15, 0.2) is 150 Å². The maximum atomic E-state index is 6.51. The molecule has 0 fully saturated rings. The zero-order valence-electron chi connectivity index (χ0n) is 32.1. The third kappa shape index (κ3) is 4.61. The molecule has 58 heavy (non-hydrogen) atoms.